The Hall–Kier alpha value is -1.60. The molecular weight excluding hydrogens is 284 g/mol. The summed E-state index contributed by atoms with van der Waals surface area (Å²) in [6.45, 7) is 4.65. The second-order valence-corrected chi connectivity index (χ2v) is 5.27. The van der Waals surface area contributed by atoms with E-state index >= 15 is 0 Å². The normalized spacial score (nSPS) is 17.1. The van der Waals surface area contributed by atoms with E-state index in [1.807, 2.05) is 0 Å². The molecule has 0 saturated carbocycles. The maximum absolute atomic E-state index is 11.9. The van der Waals surface area contributed by atoms with Gasteiger partial charge < -0.3 is 15.6 Å². The lowest BCUT2D eigenvalue weighted by atomic mass is 9.81. The van der Waals surface area contributed by atoms with E-state index in [0.29, 0.717) is 6.54 Å². The third-order valence-electron chi connectivity index (χ3n) is 3.61. The third kappa shape index (κ3) is 3.94. The number of hydrogen-bond acceptors (Lipinski definition) is 4. The molecule has 0 aromatic carbocycles. The fraction of sp³-hybridized carbons (Fsp3) is 0.583. The first-order valence-electron chi connectivity index (χ1n) is 6.32. The van der Waals surface area contributed by atoms with Crippen LogP contribution in [-0.4, -0.2) is 35.4 Å². The van der Waals surface area contributed by atoms with Crippen molar-refractivity contribution in [2.75, 3.05) is 19.6 Å². The summed E-state index contributed by atoms with van der Waals surface area (Å²) in [7, 11) is 0. The van der Waals surface area contributed by atoms with Crippen LogP contribution in [0.4, 0.5) is 5.69 Å². The Morgan fingerprint density at radius 3 is 2.70 bits per heavy atom. The topological polar surface area (TPSA) is 100 Å². The van der Waals surface area contributed by atoms with Crippen molar-refractivity contribution in [1.82, 2.24) is 15.6 Å². The van der Waals surface area contributed by atoms with Gasteiger partial charge in [-0.15, -0.1) is 12.4 Å². The summed E-state index contributed by atoms with van der Waals surface area (Å²) in [4.78, 5) is 24.5. The number of nitrogens with zero attached hydrogens (tertiary/aromatic N) is 1. The Labute approximate surface area is 123 Å². The fourth-order valence-corrected chi connectivity index (χ4v) is 2.22. The van der Waals surface area contributed by atoms with Gasteiger partial charge in [-0.1, -0.05) is 6.92 Å². The number of piperidine rings is 1. The minimum Gasteiger partial charge on any atom is -0.351 e. The molecule has 0 bridgehead atoms. The number of rotatable bonds is 4. The van der Waals surface area contributed by atoms with Crippen LogP contribution in [0.25, 0.3) is 0 Å². The monoisotopic (exact) mass is 302 g/mol. The summed E-state index contributed by atoms with van der Waals surface area (Å²) in [6, 6.07) is 1.25. The van der Waals surface area contributed by atoms with Gasteiger partial charge in [-0.2, -0.15) is 0 Å². The quantitative estimate of drug-likeness (QED) is 0.579. The van der Waals surface area contributed by atoms with Crippen molar-refractivity contribution in [1.29, 1.82) is 0 Å². The summed E-state index contributed by atoms with van der Waals surface area (Å²) in [6.07, 6.45) is 3.25. The van der Waals surface area contributed by atoms with E-state index in [0.717, 1.165) is 25.9 Å². The van der Waals surface area contributed by atoms with Gasteiger partial charge in [0.25, 0.3) is 11.6 Å². The predicted octanol–water partition coefficient (Wildman–Crippen LogP) is 1.46. The second kappa shape index (κ2) is 6.71. The van der Waals surface area contributed by atoms with E-state index in [1.165, 1.54) is 12.3 Å². The van der Waals surface area contributed by atoms with Crippen molar-refractivity contribution >= 4 is 24.0 Å². The summed E-state index contributed by atoms with van der Waals surface area (Å²) in [5, 5.41) is 16.7. The Balaban J connectivity index is 0.00000200. The second-order valence-electron chi connectivity index (χ2n) is 5.27. The zero-order chi connectivity index (χ0) is 13.9. The first-order chi connectivity index (χ1) is 9.00. The van der Waals surface area contributed by atoms with E-state index in [2.05, 4.69) is 22.5 Å². The Bertz CT molecular complexity index is 483. The molecule has 2 rings (SSSR count). The van der Waals surface area contributed by atoms with Gasteiger partial charge in [0.05, 0.1) is 11.1 Å². The van der Waals surface area contributed by atoms with Crippen LogP contribution in [0, 0.1) is 15.5 Å². The van der Waals surface area contributed by atoms with Gasteiger partial charge in [-0.25, -0.2) is 0 Å². The van der Waals surface area contributed by atoms with Crippen molar-refractivity contribution in [2.24, 2.45) is 5.41 Å². The van der Waals surface area contributed by atoms with Crippen LogP contribution in [-0.2, 0) is 0 Å². The molecule has 7 nitrogen and oxygen atoms in total. The van der Waals surface area contributed by atoms with Gasteiger partial charge in [0.15, 0.2) is 0 Å². The molecule has 0 aliphatic carbocycles. The number of aromatic nitrogens is 1. The number of carbonyl (C=O) groups is 1. The van der Waals surface area contributed by atoms with E-state index in [-0.39, 0.29) is 35.1 Å². The molecule has 0 atom stereocenters. The average Bonchev–Trinajstić information content (AvgIpc) is 2.87. The van der Waals surface area contributed by atoms with Crippen LogP contribution >= 0.6 is 12.4 Å². The molecule has 0 spiro atoms. The minimum atomic E-state index is -0.526. The van der Waals surface area contributed by atoms with Crippen LogP contribution < -0.4 is 10.6 Å². The van der Waals surface area contributed by atoms with Crippen molar-refractivity contribution in [3.8, 4) is 0 Å². The summed E-state index contributed by atoms with van der Waals surface area (Å²) < 4.78 is 0. The molecule has 1 amide bonds. The maximum Gasteiger partial charge on any atom is 0.287 e. The standard InChI is InChI=1S/C12H18N4O3.ClH/c1-12(2-4-13-5-3-12)8-15-11(17)10-6-9(7-14-10)16(18)19;/h6-7,13-14H,2-5,8H2,1H3,(H,15,17);1H. The van der Waals surface area contributed by atoms with E-state index in [9.17, 15) is 14.9 Å². The Morgan fingerprint density at radius 1 is 1.50 bits per heavy atom. The first kappa shape index (κ1) is 16.5. The van der Waals surface area contributed by atoms with Crippen LogP contribution in [0.3, 0.4) is 0 Å². The summed E-state index contributed by atoms with van der Waals surface area (Å²) >= 11 is 0. The van der Waals surface area contributed by atoms with Gasteiger partial charge in [0.1, 0.15) is 5.69 Å². The largest absolute Gasteiger partial charge is 0.351 e. The number of nitrogens with one attached hydrogen (secondary N) is 3. The Morgan fingerprint density at radius 2 is 2.15 bits per heavy atom. The third-order valence-corrected chi connectivity index (χ3v) is 3.61. The molecule has 1 fully saturated rings. The molecule has 1 aliphatic heterocycles. The van der Waals surface area contributed by atoms with Gasteiger partial charge in [0.2, 0.25) is 0 Å². The fourth-order valence-electron chi connectivity index (χ4n) is 2.22. The lowest BCUT2D eigenvalue weighted by molar-refractivity contribution is -0.384. The highest BCUT2D eigenvalue weighted by atomic mass is 35.5. The first-order valence-corrected chi connectivity index (χ1v) is 6.32. The van der Waals surface area contributed by atoms with Crippen molar-refractivity contribution in [2.45, 2.75) is 19.8 Å². The zero-order valence-corrected chi connectivity index (χ0v) is 12.1. The molecule has 1 aliphatic rings. The van der Waals surface area contributed by atoms with Crippen LogP contribution in [0.2, 0.25) is 0 Å². The average molecular weight is 303 g/mol. The van der Waals surface area contributed by atoms with Crippen molar-refractivity contribution in [3.63, 3.8) is 0 Å². The molecule has 20 heavy (non-hydrogen) atoms. The van der Waals surface area contributed by atoms with Gasteiger partial charge in [0, 0.05) is 12.6 Å². The number of hydrogen-bond donors (Lipinski definition) is 3. The summed E-state index contributed by atoms with van der Waals surface area (Å²) in [5.74, 6) is -0.298. The molecule has 1 saturated heterocycles. The number of H-pyrrole nitrogens is 1. The van der Waals surface area contributed by atoms with Gasteiger partial charge in [-0.05, 0) is 31.3 Å². The lowest BCUT2D eigenvalue weighted by Crippen LogP contribution is -2.42. The van der Waals surface area contributed by atoms with Crippen LogP contribution in [0.15, 0.2) is 12.3 Å². The number of amides is 1. The molecular formula is C12H19ClN4O3. The van der Waals surface area contributed by atoms with Crippen LogP contribution in [0.5, 0.6) is 0 Å². The SMILES string of the molecule is CC1(CNC(=O)c2cc([N+](=O)[O-])c[nH]2)CCNCC1.Cl. The number of carbonyl (C=O) groups excluding carboxylic acids is 1. The smallest absolute Gasteiger partial charge is 0.287 e. The predicted molar refractivity (Wildman–Crippen MR) is 77.2 cm³/mol. The van der Waals surface area contributed by atoms with E-state index in [4.69, 9.17) is 0 Å². The lowest BCUT2D eigenvalue weighted by Gasteiger charge is -2.34. The number of aromatic amines is 1. The zero-order valence-electron chi connectivity index (χ0n) is 11.3. The maximum atomic E-state index is 11.9. The molecule has 3 N–H and O–H groups in total. The van der Waals surface area contributed by atoms with E-state index in [1.54, 1.807) is 0 Å². The van der Waals surface area contributed by atoms with Gasteiger partial charge in [-0.3, -0.25) is 14.9 Å². The molecule has 0 radical (unpaired) electrons. The molecule has 2 heterocycles. The molecule has 1 aromatic heterocycles. The summed E-state index contributed by atoms with van der Waals surface area (Å²) in [5.41, 5.74) is 0.224. The highest BCUT2D eigenvalue weighted by Crippen LogP contribution is 2.26. The molecule has 1 aromatic rings. The van der Waals surface area contributed by atoms with Crippen LogP contribution in [0.1, 0.15) is 30.3 Å². The van der Waals surface area contributed by atoms with Gasteiger partial charge >= 0.3 is 0 Å². The molecule has 112 valence electrons. The highest BCUT2D eigenvalue weighted by molar-refractivity contribution is 5.93. The number of nitro groups is 1. The minimum absolute atomic E-state index is 0. The number of halogens is 1. The molecule has 8 heteroatoms. The van der Waals surface area contributed by atoms with E-state index < -0.39 is 4.92 Å². The highest BCUT2D eigenvalue weighted by Gasteiger charge is 2.27. The van der Waals surface area contributed by atoms with Crippen molar-refractivity contribution < 1.29 is 9.72 Å². The molecule has 0 unspecified atom stereocenters. The van der Waals surface area contributed by atoms with Crippen molar-refractivity contribution in [3.05, 3.63) is 28.1 Å². The Kier molecular flexibility index (Phi) is 5.52.